The first-order valence-corrected chi connectivity index (χ1v) is 10.8. The van der Waals surface area contributed by atoms with Gasteiger partial charge in [0.2, 0.25) is 0 Å². The Morgan fingerprint density at radius 3 is 2.72 bits per heavy atom. The molecular weight excluding hydrogens is 404 g/mol. The fraction of sp³-hybridized carbons (Fsp3) is 0.333. The first kappa shape index (κ1) is 21.9. The number of nitrogens with two attached hydrogens (primary N) is 1. The average molecular weight is 433 g/mol. The minimum Gasteiger partial charge on any atom is -0.387 e. The van der Waals surface area contributed by atoms with Crippen LogP contribution in [0.25, 0.3) is 0 Å². The van der Waals surface area contributed by atoms with E-state index in [4.69, 9.17) is 5.73 Å². The summed E-state index contributed by atoms with van der Waals surface area (Å²) < 4.78 is 0. The van der Waals surface area contributed by atoms with Crippen LogP contribution >= 0.6 is 0 Å². The van der Waals surface area contributed by atoms with E-state index in [-0.39, 0.29) is 18.0 Å². The number of nitrogens with zero attached hydrogens (tertiary/aromatic N) is 4. The number of carbonyl (C=O) groups is 1. The van der Waals surface area contributed by atoms with Gasteiger partial charge in [0.25, 0.3) is 5.91 Å². The summed E-state index contributed by atoms with van der Waals surface area (Å²) in [5, 5.41) is 22.1. The van der Waals surface area contributed by atoms with Crippen molar-refractivity contribution in [2.75, 3.05) is 12.8 Å². The SMILES string of the molecule is CN(Cc1cccnn1)C(=O)c1ccc(C[C@@H]2CC[C@H]([C@H](O)c3ccc(N)nc3)N2)cc1. The van der Waals surface area contributed by atoms with Gasteiger partial charge in [-0.3, -0.25) is 4.79 Å². The number of aliphatic hydroxyl groups is 1. The van der Waals surface area contributed by atoms with Gasteiger partial charge in [-0.25, -0.2) is 4.98 Å². The number of aromatic nitrogens is 3. The van der Waals surface area contributed by atoms with Crippen molar-refractivity contribution in [1.29, 1.82) is 0 Å². The van der Waals surface area contributed by atoms with Gasteiger partial charge in [-0.05, 0) is 55.2 Å². The van der Waals surface area contributed by atoms with E-state index in [1.54, 1.807) is 30.4 Å². The molecule has 166 valence electrons. The molecule has 1 aliphatic heterocycles. The van der Waals surface area contributed by atoms with Crippen molar-refractivity contribution < 1.29 is 9.90 Å². The summed E-state index contributed by atoms with van der Waals surface area (Å²) in [6.07, 6.45) is 5.34. The number of nitrogens with one attached hydrogen (secondary N) is 1. The predicted octanol–water partition coefficient (Wildman–Crippen LogP) is 2.12. The summed E-state index contributed by atoms with van der Waals surface area (Å²) in [6.45, 7) is 0.410. The molecule has 1 aliphatic rings. The number of hydrogen-bond acceptors (Lipinski definition) is 7. The van der Waals surface area contributed by atoms with Crippen LogP contribution in [0.1, 0.15) is 46.1 Å². The third-order valence-corrected chi connectivity index (χ3v) is 5.86. The molecule has 8 heteroatoms. The van der Waals surface area contributed by atoms with Crippen LogP contribution < -0.4 is 11.1 Å². The lowest BCUT2D eigenvalue weighted by Crippen LogP contribution is -2.35. The van der Waals surface area contributed by atoms with Gasteiger partial charge < -0.3 is 21.1 Å². The monoisotopic (exact) mass is 432 g/mol. The van der Waals surface area contributed by atoms with Gasteiger partial charge in [0.1, 0.15) is 5.82 Å². The molecule has 1 amide bonds. The van der Waals surface area contributed by atoms with Crippen LogP contribution in [0.5, 0.6) is 0 Å². The highest BCUT2D eigenvalue weighted by Gasteiger charge is 2.30. The molecule has 0 aliphatic carbocycles. The topological polar surface area (TPSA) is 117 Å². The van der Waals surface area contributed by atoms with E-state index in [1.165, 1.54) is 0 Å². The summed E-state index contributed by atoms with van der Waals surface area (Å²) in [5.74, 6) is 0.390. The summed E-state index contributed by atoms with van der Waals surface area (Å²) >= 11 is 0. The minimum absolute atomic E-state index is 0.0130. The third-order valence-electron chi connectivity index (χ3n) is 5.86. The van der Waals surface area contributed by atoms with Crippen LogP contribution in [-0.2, 0) is 13.0 Å². The second-order valence-electron chi connectivity index (χ2n) is 8.29. The number of pyridine rings is 1. The number of amides is 1. The van der Waals surface area contributed by atoms with E-state index in [0.717, 1.165) is 36.1 Å². The lowest BCUT2D eigenvalue weighted by Gasteiger charge is -2.20. The van der Waals surface area contributed by atoms with Gasteiger partial charge in [0.05, 0.1) is 18.3 Å². The molecule has 3 aromatic rings. The Hall–Kier alpha value is -3.36. The number of rotatable bonds is 7. The van der Waals surface area contributed by atoms with Crippen LogP contribution in [0.3, 0.4) is 0 Å². The number of benzene rings is 1. The maximum absolute atomic E-state index is 12.7. The Bertz CT molecular complexity index is 1030. The average Bonchev–Trinajstić information content (AvgIpc) is 3.28. The quantitative estimate of drug-likeness (QED) is 0.523. The highest BCUT2D eigenvalue weighted by atomic mass is 16.3. The first-order chi connectivity index (χ1) is 15.5. The molecule has 0 radical (unpaired) electrons. The standard InChI is InChI=1S/C24H28N6O2/c1-30(15-20-3-2-12-27-29-20)24(32)17-6-4-16(5-7-17)13-19-9-10-21(28-19)23(31)18-8-11-22(25)26-14-18/h2-8,11-12,14,19,21,23,28,31H,9-10,13,15H2,1H3,(H2,25,26)/t19-,21+,23+/m0/s1. The highest BCUT2D eigenvalue weighted by Crippen LogP contribution is 2.26. The van der Waals surface area contributed by atoms with Crippen LogP contribution in [0.4, 0.5) is 5.82 Å². The summed E-state index contributed by atoms with van der Waals surface area (Å²) in [6, 6.07) is 15.2. The molecule has 1 saturated heterocycles. The lowest BCUT2D eigenvalue weighted by atomic mass is 10.0. The lowest BCUT2D eigenvalue weighted by molar-refractivity contribution is 0.0783. The van der Waals surface area contributed by atoms with Crippen molar-refractivity contribution in [2.24, 2.45) is 0 Å². The van der Waals surface area contributed by atoms with Crippen molar-refractivity contribution >= 4 is 11.7 Å². The zero-order valence-electron chi connectivity index (χ0n) is 18.1. The molecule has 2 aromatic heterocycles. The summed E-state index contributed by atoms with van der Waals surface area (Å²) in [5.41, 5.74) is 8.94. The number of anilines is 1. The van der Waals surface area contributed by atoms with E-state index in [9.17, 15) is 9.90 Å². The molecule has 1 fully saturated rings. The van der Waals surface area contributed by atoms with Crippen molar-refractivity contribution in [2.45, 2.75) is 44.0 Å². The van der Waals surface area contributed by atoms with Gasteiger partial charge in [-0.2, -0.15) is 10.2 Å². The van der Waals surface area contributed by atoms with Crippen LogP contribution in [-0.4, -0.2) is 50.2 Å². The van der Waals surface area contributed by atoms with E-state index in [0.29, 0.717) is 17.9 Å². The van der Waals surface area contributed by atoms with Gasteiger partial charge in [-0.15, -0.1) is 0 Å². The first-order valence-electron chi connectivity index (χ1n) is 10.8. The molecule has 0 bridgehead atoms. The smallest absolute Gasteiger partial charge is 0.253 e. The molecule has 0 spiro atoms. The van der Waals surface area contributed by atoms with Gasteiger partial charge in [0.15, 0.2) is 0 Å². The molecule has 0 saturated carbocycles. The summed E-state index contributed by atoms with van der Waals surface area (Å²) in [7, 11) is 1.76. The van der Waals surface area contributed by atoms with Crippen molar-refractivity contribution in [3.63, 3.8) is 0 Å². The number of aliphatic hydroxyl groups excluding tert-OH is 1. The van der Waals surface area contributed by atoms with Crippen LogP contribution in [0.2, 0.25) is 0 Å². The molecular formula is C24H28N6O2. The molecule has 3 atom stereocenters. The van der Waals surface area contributed by atoms with Gasteiger partial charge in [0, 0.05) is 42.7 Å². The molecule has 32 heavy (non-hydrogen) atoms. The Morgan fingerprint density at radius 1 is 1.22 bits per heavy atom. The fourth-order valence-electron chi connectivity index (χ4n) is 4.11. The number of carbonyl (C=O) groups excluding carboxylic acids is 1. The van der Waals surface area contributed by atoms with E-state index in [1.807, 2.05) is 42.5 Å². The van der Waals surface area contributed by atoms with Crippen molar-refractivity contribution in [3.8, 4) is 0 Å². The van der Waals surface area contributed by atoms with Crippen molar-refractivity contribution in [3.05, 3.63) is 83.3 Å². The van der Waals surface area contributed by atoms with Crippen LogP contribution in [0.15, 0.2) is 60.9 Å². The Morgan fingerprint density at radius 2 is 2.03 bits per heavy atom. The fourth-order valence-corrected chi connectivity index (χ4v) is 4.11. The predicted molar refractivity (Wildman–Crippen MR) is 122 cm³/mol. The van der Waals surface area contributed by atoms with E-state index in [2.05, 4.69) is 20.5 Å². The Labute approximate surface area is 187 Å². The maximum Gasteiger partial charge on any atom is 0.253 e. The van der Waals surface area contributed by atoms with E-state index >= 15 is 0 Å². The number of hydrogen-bond donors (Lipinski definition) is 3. The van der Waals surface area contributed by atoms with Gasteiger partial charge >= 0.3 is 0 Å². The zero-order chi connectivity index (χ0) is 22.5. The largest absolute Gasteiger partial charge is 0.387 e. The van der Waals surface area contributed by atoms with E-state index < -0.39 is 6.10 Å². The molecule has 8 nitrogen and oxygen atoms in total. The second-order valence-corrected chi connectivity index (χ2v) is 8.29. The zero-order valence-corrected chi connectivity index (χ0v) is 18.1. The molecule has 0 unspecified atom stereocenters. The summed E-state index contributed by atoms with van der Waals surface area (Å²) in [4.78, 5) is 18.4. The third kappa shape index (κ3) is 5.27. The molecule has 3 heterocycles. The maximum atomic E-state index is 12.7. The normalized spacial score (nSPS) is 18.9. The molecule has 1 aromatic carbocycles. The second kappa shape index (κ2) is 9.84. The number of nitrogen functional groups attached to an aromatic ring is 1. The molecule has 4 N–H and O–H groups in total. The van der Waals surface area contributed by atoms with Gasteiger partial charge in [-0.1, -0.05) is 18.2 Å². The Balaban J connectivity index is 1.31. The highest BCUT2D eigenvalue weighted by molar-refractivity contribution is 5.94. The van der Waals surface area contributed by atoms with Crippen molar-refractivity contribution in [1.82, 2.24) is 25.4 Å². The molecule has 4 rings (SSSR count). The Kier molecular flexibility index (Phi) is 6.72. The minimum atomic E-state index is -0.613. The van der Waals surface area contributed by atoms with Crippen LogP contribution in [0, 0.1) is 0 Å².